The molecule has 2 N–H and O–H groups in total. The van der Waals surface area contributed by atoms with Crippen molar-refractivity contribution in [2.24, 2.45) is 0 Å². The zero-order valence-corrected chi connectivity index (χ0v) is 14.4. The standard InChI is InChI=1S/C18H26N2O4/c1-13-3-4-15(23-2)14(11-13)16(17(21)22)20-9-10-24-18(12-20)5-7-19-8-6-18/h3-4,11,16,19H,5-10,12H2,1-2H3,(H,21,22). The second-order valence-corrected chi connectivity index (χ2v) is 6.74. The maximum Gasteiger partial charge on any atom is 0.325 e. The zero-order valence-electron chi connectivity index (χ0n) is 14.4. The van der Waals surface area contributed by atoms with Crippen LogP contribution in [0.4, 0.5) is 0 Å². The third kappa shape index (κ3) is 3.41. The number of carboxylic acids is 1. The number of rotatable bonds is 4. The van der Waals surface area contributed by atoms with E-state index >= 15 is 0 Å². The molecule has 6 heteroatoms. The number of piperidine rings is 1. The smallest absolute Gasteiger partial charge is 0.325 e. The monoisotopic (exact) mass is 334 g/mol. The Labute approximate surface area is 142 Å². The number of carboxylic acid groups (broad SMARTS) is 1. The molecule has 2 aliphatic rings. The Morgan fingerprint density at radius 1 is 1.42 bits per heavy atom. The van der Waals surface area contributed by atoms with E-state index in [0.29, 0.717) is 25.4 Å². The fraction of sp³-hybridized carbons (Fsp3) is 0.611. The van der Waals surface area contributed by atoms with Gasteiger partial charge in [-0.1, -0.05) is 17.7 Å². The van der Waals surface area contributed by atoms with Crippen molar-refractivity contribution in [3.63, 3.8) is 0 Å². The zero-order chi connectivity index (χ0) is 17.2. The Morgan fingerprint density at radius 3 is 2.83 bits per heavy atom. The van der Waals surface area contributed by atoms with E-state index < -0.39 is 12.0 Å². The van der Waals surface area contributed by atoms with Crippen LogP contribution >= 0.6 is 0 Å². The van der Waals surface area contributed by atoms with Gasteiger partial charge in [-0.2, -0.15) is 0 Å². The highest BCUT2D eigenvalue weighted by Crippen LogP contribution is 2.35. The summed E-state index contributed by atoms with van der Waals surface area (Å²) in [5, 5.41) is 13.3. The number of morpholine rings is 1. The van der Waals surface area contributed by atoms with Crippen molar-refractivity contribution in [2.75, 3.05) is 39.9 Å². The molecule has 1 aromatic rings. The summed E-state index contributed by atoms with van der Waals surface area (Å²) in [5.41, 5.74) is 1.52. The maximum atomic E-state index is 12.1. The SMILES string of the molecule is COc1ccc(C)cc1C(C(=O)O)N1CCOC2(CCNCC2)C1. The minimum atomic E-state index is -0.843. The van der Waals surface area contributed by atoms with Gasteiger partial charge in [-0.25, -0.2) is 0 Å². The average Bonchev–Trinajstić information content (AvgIpc) is 2.56. The second kappa shape index (κ2) is 7.09. The normalized spacial score (nSPS) is 22.2. The van der Waals surface area contributed by atoms with Crippen molar-refractivity contribution in [3.05, 3.63) is 29.3 Å². The number of aliphatic carboxylic acids is 1. The van der Waals surface area contributed by atoms with Crippen LogP contribution < -0.4 is 10.1 Å². The molecular weight excluding hydrogens is 308 g/mol. The minimum absolute atomic E-state index is 0.228. The van der Waals surface area contributed by atoms with E-state index in [9.17, 15) is 9.90 Å². The molecule has 0 radical (unpaired) electrons. The first-order chi connectivity index (χ1) is 11.5. The predicted octanol–water partition coefficient (Wildman–Crippen LogP) is 1.58. The van der Waals surface area contributed by atoms with E-state index in [4.69, 9.17) is 9.47 Å². The van der Waals surface area contributed by atoms with Crippen molar-refractivity contribution in [2.45, 2.75) is 31.4 Å². The number of aryl methyl sites for hydroxylation is 1. The van der Waals surface area contributed by atoms with E-state index in [1.807, 2.05) is 30.0 Å². The summed E-state index contributed by atoms with van der Waals surface area (Å²) in [6, 6.07) is 4.99. The van der Waals surface area contributed by atoms with Crippen LogP contribution in [0.25, 0.3) is 0 Å². The predicted molar refractivity (Wildman–Crippen MR) is 90.5 cm³/mol. The van der Waals surface area contributed by atoms with Gasteiger partial charge in [-0.05, 0) is 38.9 Å². The fourth-order valence-corrected chi connectivity index (χ4v) is 3.83. The van der Waals surface area contributed by atoms with Gasteiger partial charge >= 0.3 is 5.97 Å². The van der Waals surface area contributed by atoms with Gasteiger partial charge in [-0.3, -0.25) is 9.69 Å². The highest BCUT2D eigenvalue weighted by Gasteiger charge is 2.42. The van der Waals surface area contributed by atoms with E-state index in [2.05, 4.69) is 5.32 Å². The highest BCUT2D eigenvalue weighted by atomic mass is 16.5. The molecule has 0 amide bonds. The van der Waals surface area contributed by atoms with Gasteiger partial charge in [0.1, 0.15) is 11.8 Å². The van der Waals surface area contributed by atoms with Crippen LogP contribution in [0.2, 0.25) is 0 Å². The summed E-state index contributed by atoms with van der Waals surface area (Å²) in [6.45, 7) is 5.62. The molecule has 2 aliphatic heterocycles. The Hall–Kier alpha value is -1.63. The number of carbonyl (C=O) groups is 1. The summed E-state index contributed by atoms with van der Waals surface area (Å²) < 4.78 is 11.5. The van der Waals surface area contributed by atoms with Crippen LogP contribution in [0.1, 0.15) is 30.0 Å². The minimum Gasteiger partial charge on any atom is -0.496 e. The molecule has 1 unspecified atom stereocenters. The molecule has 6 nitrogen and oxygen atoms in total. The number of nitrogens with zero attached hydrogens (tertiary/aromatic N) is 1. The second-order valence-electron chi connectivity index (χ2n) is 6.74. The third-order valence-electron chi connectivity index (χ3n) is 5.07. The first-order valence-corrected chi connectivity index (χ1v) is 8.51. The van der Waals surface area contributed by atoms with Crippen molar-refractivity contribution in [1.29, 1.82) is 0 Å². The number of nitrogens with one attached hydrogen (secondary N) is 1. The van der Waals surface area contributed by atoms with Crippen molar-refractivity contribution in [3.8, 4) is 5.75 Å². The van der Waals surface area contributed by atoms with Gasteiger partial charge in [0.25, 0.3) is 0 Å². The van der Waals surface area contributed by atoms with Crippen LogP contribution in [0, 0.1) is 6.92 Å². The summed E-state index contributed by atoms with van der Waals surface area (Å²) in [6.07, 6.45) is 1.83. The Kier molecular flexibility index (Phi) is 5.08. The van der Waals surface area contributed by atoms with E-state index in [0.717, 1.165) is 37.1 Å². The number of methoxy groups -OCH3 is 1. The first-order valence-electron chi connectivity index (χ1n) is 8.51. The molecule has 1 spiro atoms. The largest absolute Gasteiger partial charge is 0.496 e. The topological polar surface area (TPSA) is 71.0 Å². The van der Waals surface area contributed by atoms with Gasteiger partial charge in [-0.15, -0.1) is 0 Å². The molecular formula is C18H26N2O4. The van der Waals surface area contributed by atoms with Crippen LogP contribution in [-0.4, -0.2) is 61.5 Å². The number of benzene rings is 1. The molecule has 0 aliphatic carbocycles. The molecule has 2 heterocycles. The van der Waals surface area contributed by atoms with Crippen molar-refractivity contribution in [1.82, 2.24) is 10.2 Å². The quantitative estimate of drug-likeness (QED) is 0.871. The van der Waals surface area contributed by atoms with Gasteiger partial charge < -0.3 is 19.9 Å². The molecule has 0 aromatic heterocycles. The lowest BCUT2D eigenvalue weighted by Crippen LogP contribution is -2.57. The molecule has 1 aromatic carbocycles. The molecule has 2 fully saturated rings. The van der Waals surface area contributed by atoms with Gasteiger partial charge in [0, 0.05) is 18.7 Å². The molecule has 0 saturated carbocycles. The van der Waals surface area contributed by atoms with Gasteiger partial charge in [0.2, 0.25) is 0 Å². The Bertz CT molecular complexity index is 593. The third-order valence-corrected chi connectivity index (χ3v) is 5.07. The average molecular weight is 334 g/mol. The van der Waals surface area contributed by atoms with E-state index in [1.165, 1.54) is 0 Å². The molecule has 24 heavy (non-hydrogen) atoms. The Balaban J connectivity index is 1.91. The summed E-state index contributed by atoms with van der Waals surface area (Å²) in [7, 11) is 1.58. The highest BCUT2D eigenvalue weighted by molar-refractivity contribution is 5.77. The molecule has 0 bridgehead atoms. The van der Waals surface area contributed by atoms with Crippen LogP contribution in [0.3, 0.4) is 0 Å². The summed E-state index contributed by atoms with van der Waals surface area (Å²) in [4.78, 5) is 14.1. The Morgan fingerprint density at radius 2 is 2.17 bits per heavy atom. The number of hydrogen-bond acceptors (Lipinski definition) is 5. The van der Waals surface area contributed by atoms with Crippen LogP contribution in [0.15, 0.2) is 18.2 Å². The van der Waals surface area contributed by atoms with E-state index in [1.54, 1.807) is 7.11 Å². The van der Waals surface area contributed by atoms with Crippen LogP contribution in [0.5, 0.6) is 5.75 Å². The fourth-order valence-electron chi connectivity index (χ4n) is 3.83. The van der Waals surface area contributed by atoms with Gasteiger partial charge in [0.15, 0.2) is 0 Å². The molecule has 3 rings (SSSR count). The van der Waals surface area contributed by atoms with Crippen molar-refractivity contribution < 1.29 is 19.4 Å². The summed E-state index contributed by atoms with van der Waals surface area (Å²) >= 11 is 0. The maximum absolute atomic E-state index is 12.1. The lowest BCUT2D eigenvalue weighted by molar-refractivity contribution is -0.158. The van der Waals surface area contributed by atoms with E-state index in [-0.39, 0.29) is 5.60 Å². The number of ether oxygens (including phenoxy) is 2. The molecule has 132 valence electrons. The first kappa shape index (κ1) is 17.2. The van der Waals surface area contributed by atoms with Gasteiger partial charge in [0.05, 0.1) is 19.3 Å². The summed E-state index contributed by atoms with van der Waals surface area (Å²) in [5.74, 6) is -0.219. The molecule has 1 atom stereocenters. The molecule has 2 saturated heterocycles. The lowest BCUT2D eigenvalue weighted by Gasteiger charge is -2.46. The van der Waals surface area contributed by atoms with Crippen LogP contribution in [-0.2, 0) is 9.53 Å². The van der Waals surface area contributed by atoms with Crippen molar-refractivity contribution >= 4 is 5.97 Å². The lowest BCUT2D eigenvalue weighted by atomic mass is 9.89. The number of hydrogen-bond donors (Lipinski definition) is 2.